The van der Waals surface area contributed by atoms with E-state index in [1.165, 1.54) is 16.8 Å². The van der Waals surface area contributed by atoms with Crippen LogP contribution in [0.15, 0.2) is 16.9 Å². The molecule has 1 rings (SSSR count). The minimum atomic E-state index is -0.124. The third-order valence-corrected chi connectivity index (χ3v) is 1.24. The lowest BCUT2D eigenvalue weighted by molar-refractivity contribution is 0.181. The lowest BCUT2D eigenvalue weighted by Gasteiger charge is -2.00. The summed E-state index contributed by atoms with van der Waals surface area (Å²) < 4.78 is 6.10. The molecular formula is C7H9N2O2. The summed E-state index contributed by atoms with van der Waals surface area (Å²) in [6, 6.07) is 2.91. The van der Waals surface area contributed by atoms with E-state index in [1.807, 2.05) is 0 Å². The molecule has 0 aliphatic rings. The van der Waals surface area contributed by atoms with Crippen molar-refractivity contribution in [3.05, 3.63) is 28.7 Å². The first kappa shape index (κ1) is 7.94. The Morgan fingerprint density at radius 2 is 2.64 bits per heavy atom. The van der Waals surface area contributed by atoms with Gasteiger partial charge < -0.3 is 4.74 Å². The summed E-state index contributed by atoms with van der Waals surface area (Å²) in [5.41, 5.74) is -0.124. The van der Waals surface area contributed by atoms with Crippen LogP contribution in [0.2, 0.25) is 0 Å². The summed E-state index contributed by atoms with van der Waals surface area (Å²) in [7, 11) is 1.58. The average Bonchev–Trinajstić information content (AvgIpc) is 2.03. The van der Waals surface area contributed by atoms with Gasteiger partial charge in [-0.3, -0.25) is 4.79 Å². The van der Waals surface area contributed by atoms with Crippen LogP contribution >= 0.6 is 0 Å². The molecular weight excluding hydrogens is 144 g/mol. The van der Waals surface area contributed by atoms with Gasteiger partial charge in [-0.15, -0.1) is 0 Å². The normalized spacial score (nSPS) is 9.91. The minimum absolute atomic E-state index is 0.124. The molecule has 1 aromatic heterocycles. The fourth-order valence-corrected chi connectivity index (χ4v) is 0.685. The lowest BCUT2D eigenvalue weighted by atomic mass is 10.5. The Bertz CT molecular complexity index is 269. The molecule has 0 N–H and O–H groups in total. The maximum Gasteiger partial charge on any atom is 0.266 e. The molecule has 0 aliphatic carbocycles. The van der Waals surface area contributed by atoms with Crippen molar-refractivity contribution in [2.75, 3.05) is 13.7 Å². The third-order valence-electron chi connectivity index (χ3n) is 1.24. The number of hydrogen-bond donors (Lipinski definition) is 0. The summed E-state index contributed by atoms with van der Waals surface area (Å²) in [4.78, 5) is 10.9. The molecule has 0 aliphatic heterocycles. The summed E-state index contributed by atoms with van der Waals surface area (Å²) >= 11 is 0. The SMILES string of the molecule is COCCn1n[c]ccc1=O. The second kappa shape index (κ2) is 3.88. The Kier molecular flexibility index (Phi) is 2.80. The van der Waals surface area contributed by atoms with Gasteiger partial charge in [0.05, 0.1) is 13.2 Å². The molecule has 1 radical (unpaired) electrons. The maximum atomic E-state index is 10.9. The number of ether oxygens (including phenoxy) is 1. The quantitative estimate of drug-likeness (QED) is 0.598. The highest BCUT2D eigenvalue weighted by molar-refractivity contribution is 4.83. The van der Waals surface area contributed by atoms with Crippen LogP contribution in [0.3, 0.4) is 0 Å². The highest BCUT2D eigenvalue weighted by atomic mass is 16.5. The van der Waals surface area contributed by atoms with Crippen LogP contribution in [0.4, 0.5) is 0 Å². The number of aromatic nitrogens is 2. The second-order valence-electron chi connectivity index (χ2n) is 2.02. The molecule has 59 valence electrons. The first-order valence-electron chi connectivity index (χ1n) is 3.28. The van der Waals surface area contributed by atoms with Gasteiger partial charge in [-0.1, -0.05) is 0 Å². The Hall–Kier alpha value is -1.16. The van der Waals surface area contributed by atoms with E-state index in [1.54, 1.807) is 7.11 Å². The molecule has 1 aromatic rings. The second-order valence-corrected chi connectivity index (χ2v) is 2.02. The van der Waals surface area contributed by atoms with Crippen LogP contribution in [0.1, 0.15) is 0 Å². The van der Waals surface area contributed by atoms with Crippen LogP contribution in [0.5, 0.6) is 0 Å². The predicted molar refractivity (Wildman–Crippen MR) is 39.2 cm³/mol. The van der Waals surface area contributed by atoms with Gasteiger partial charge in [0, 0.05) is 13.2 Å². The van der Waals surface area contributed by atoms with Crippen molar-refractivity contribution in [2.24, 2.45) is 0 Å². The molecule has 11 heavy (non-hydrogen) atoms. The fraction of sp³-hybridized carbons (Fsp3) is 0.429. The van der Waals surface area contributed by atoms with Crippen molar-refractivity contribution in [2.45, 2.75) is 6.54 Å². The average molecular weight is 153 g/mol. The molecule has 0 saturated carbocycles. The van der Waals surface area contributed by atoms with E-state index >= 15 is 0 Å². The van der Waals surface area contributed by atoms with Gasteiger partial charge in [-0.25, -0.2) is 4.68 Å². The standard InChI is InChI=1S/C7H9N2O2/c1-11-6-5-9-7(10)3-2-4-8-9/h2-3H,5-6H2,1H3. The first-order valence-corrected chi connectivity index (χ1v) is 3.28. The van der Waals surface area contributed by atoms with Crippen LogP contribution in [-0.2, 0) is 11.3 Å². The predicted octanol–water partition coefficient (Wildman–Crippen LogP) is -0.310. The summed E-state index contributed by atoms with van der Waals surface area (Å²) in [6.07, 6.45) is 2.57. The van der Waals surface area contributed by atoms with Gasteiger partial charge in [-0.2, -0.15) is 5.10 Å². The Balaban J connectivity index is 2.70. The number of rotatable bonds is 3. The Morgan fingerprint density at radius 3 is 3.27 bits per heavy atom. The van der Waals surface area contributed by atoms with Crippen molar-refractivity contribution >= 4 is 0 Å². The highest BCUT2D eigenvalue weighted by Gasteiger charge is 1.92. The van der Waals surface area contributed by atoms with Gasteiger partial charge in [-0.05, 0) is 6.07 Å². The van der Waals surface area contributed by atoms with E-state index in [0.717, 1.165) is 0 Å². The number of methoxy groups -OCH3 is 1. The Labute approximate surface area is 64.4 Å². The molecule has 4 heteroatoms. The number of nitrogens with zero attached hydrogens (tertiary/aromatic N) is 2. The van der Waals surface area contributed by atoms with Crippen LogP contribution < -0.4 is 5.56 Å². The topological polar surface area (TPSA) is 44.1 Å². The van der Waals surface area contributed by atoms with Crippen molar-refractivity contribution < 1.29 is 4.74 Å². The van der Waals surface area contributed by atoms with Crippen LogP contribution in [0.25, 0.3) is 0 Å². The van der Waals surface area contributed by atoms with Gasteiger partial charge in [0.25, 0.3) is 5.56 Å². The zero-order valence-electron chi connectivity index (χ0n) is 6.28. The molecule has 0 unspecified atom stereocenters. The zero-order valence-corrected chi connectivity index (χ0v) is 6.28. The van der Waals surface area contributed by atoms with Gasteiger partial charge in [0.15, 0.2) is 0 Å². The van der Waals surface area contributed by atoms with Crippen molar-refractivity contribution in [3.63, 3.8) is 0 Å². The van der Waals surface area contributed by atoms with Crippen LogP contribution in [-0.4, -0.2) is 23.5 Å². The van der Waals surface area contributed by atoms with E-state index < -0.39 is 0 Å². The van der Waals surface area contributed by atoms with Gasteiger partial charge in [0.1, 0.15) is 6.20 Å². The molecule has 1 heterocycles. The molecule has 0 amide bonds. The molecule has 0 fully saturated rings. The molecule has 4 nitrogen and oxygen atoms in total. The Morgan fingerprint density at radius 1 is 1.82 bits per heavy atom. The summed E-state index contributed by atoms with van der Waals surface area (Å²) in [6.45, 7) is 0.970. The minimum Gasteiger partial charge on any atom is -0.383 e. The smallest absolute Gasteiger partial charge is 0.266 e. The fourth-order valence-electron chi connectivity index (χ4n) is 0.685. The van der Waals surface area contributed by atoms with E-state index in [4.69, 9.17) is 4.74 Å². The molecule has 0 spiro atoms. The molecule has 0 atom stereocenters. The summed E-state index contributed by atoms with van der Waals surface area (Å²) in [5.74, 6) is 0. The molecule has 0 aromatic carbocycles. The lowest BCUT2D eigenvalue weighted by Crippen LogP contribution is -2.23. The highest BCUT2D eigenvalue weighted by Crippen LogP contribution is 1.75. The van der Waals surface area contributed by atoms with E-state index in [-0.39, 0.29) is 5.56 Å². The largest absolute Gasteiger partial charge is 0.383 e. The van der Waals surface area contributed by atoms with Crippen molar-refractivity contribution in [1.29, 1.82) is 0 Å². The van der Waals surface area contributed by atoms with Gasteiger partial charge in [0.2, 0.25) is 0 Å². The third kappa shape index (κ3) is 2.16. The summed E-state index contributed by atoms with van der Waals surface area (Å²) in [5, 5.41) is 3.71. The molecule has 0 saturated heterocycles. The first-order chi connectivity index (χ1) is 5.34. The van der Waals surface area contributed by atoms with Crippen molar-refractivity contribution in [1.82, 2.24) is 9.78 Å². The van der Waals surface area contributed by atoms with E-state index in [9.17, 15) is 4.79 Å². The zero-order chi connectivity index (χ0) is 8.10. The maximum absolute atomic E-state index is 10.9. The van der Waals surface area contributed by atoms with E-state index in [2.05, 4.69) is 11.3 Å². The number of hydrogen-bond acceptors (Lipinski definition) is 3. The van der Waals surface area contributed by atoms with E-state index in [0.29, 0.717) is 13.2 Å². The van der Waals surface area contributed by atoms with Crippen molar-refractivity contribution in [3.8, 4) is 0 Å². The van der Waals surface area contributed by atoms with Crippen LogP contribution in [0, 0.1) is 6.20 Å². The monoisotopic (exact) mass is 153 g/mol. The molecule has 0 bridgehead atoms. The van der Waals surface area contributed by atoms with Gasteiger partial charge >= 0.3 is 0 Å².